The first kappa shape index (κ1) is 16.5. The van der Waals surface area contributed by atoms with Gasteiger partial charge < -0.3 is 10.2 Å². The van der Waals surface area contributed by atoms with E-state index in [1.54, 1.807) is 24.3 Å². The summed E-state index contributed by atoms with van der Waals surface area (Å²) in [5.74, 6) is 1.18. The van der Waals surface area contributed by atoms with Crippen LogP contribution in [0.15, 0.2) is 48.5 Å². The van der Waals surface area contributed by atoms with Crippen molar-refractivity contribution in [1.82, 2.24) is 0 Å². The van der Waals surface area contributed by atoms with Gasteiger partial charge in [-0.2, -0.15) is 0 Å². The molecule has 0 atom stereocenters. The molecule has 0 bridgehead atoms. The van der Waals surface area contributed by atoms with Gasteiger partial charge in [0.2, 0.25) is 0 Å². The van der Waals surface area contributed by atoms with E-state index in [0.29, 0.717) is 5.92 Å². The van der Waals surface area contributed by atoms with Crippen molar-refractivity contribution in [3.05, 3.63) is 59.7 Å². The van der Waals surface area contributed by atoms with E-state index in [9.17, 15) is 10.2 Å². The molecule has 1 saturated carbocycles. The Hall–Kier alpha value is -1.38. The summed E-state index contributed by atoms with van der Waals surface area (Å²) < 4.78 is -0.606. The van der Waals surface area contributed by atoms with Crippen LogP contribution in [0.1, 0.15) is 42.7 Å². The summed E-state index contributed by atoms with van der Waals surface area (Å²) in [6, 6.07) is 14.8. The SMILES string of the molecule is Oc1ccc(C(c2ccc(O)cc2)C2CCC(Cl)(Cl)CC2)cc1. The van der Waals surface area contributed by atoms with Gasteiger partial charge in [-0.25, -0.2) is 0 Å². The topological polar surface area (TPSA) is 40.5 Å². The summed E-state index contributed by atoms with van der Waals surface area (Å²) in [6.45, 7) is 0. The number of hydrogen-bond acceptors (Lipinski definition) is 2. The van der Waals surface area contributed by atoms with Crippen molar-refractivity contribution < 1.29 is 10.2 Å². The lowest BCUT2D eigenvalue weighted by atomic mass is 9.73. The van der Waals surface area contributed by atoms with E-state index < -0.39 is 4.33 Å². The number of rotatable bonds is 3. The fourth-order valence-electron chi connectivity index (χ4n) is 3.50. The lowest BCUT2D eigenvalue weighted by Gasteiger charge is -2.36. The Morgan fingerprint density at radius 1 is 0.783 bits per heavy atom. The van der Waals surface area contributed by atoms with Gasteiger partial charge in [-0.1, -0.05) is 24.3 Å². The van der Waals surface area contributed by atoms with E-state index in [2.05, 4.69) is 0 Å². The molecule has 4 heteroatoms. The minimum absolute atomic E-state index is 0.209. The minimum atomic E-state index is -0.606. The molecule has 0 amide bonds. The molecule has 0 aliphatic heterocycles. The number of alkyl halides is 2. The van der Waals surface area contributed by atoms with Crippen LogP contribution in [0.2, 0.25) is 0 Å². The summed E-state index contributed by atoms with van der Waals surface area (Å²) in [5.41, 5.74) is 2.32. The third kappa shape index (κ3) is 3.94. The molecule has 3 rings (SSSR count). The molecule has 0 unspecified atom stereocenters. The van der Waals surface area contributed by atoms with Crippen molar-refractivity contribution in [2.75, 3.05) is 0 Å². The fraction of sp³-hybridized carbons (Fsp3) is 0.368. The number of phenolic OH excluding ortho intramolecular Hbond substituents is 2. The predicted octanol–water partition coefficient (Wildman–Crippen LogP) is 5.59. The quantitative estimate of drug-likeness (QED) is 0.707. The van der Waals surface area contributed by atoms with Crippen LogP contribution in [0.3, 0.4) is 0 Å². The smallest absolute Gasteiger partial charge is 0.118 e. The van der Waals surface area contributed by atoms with Crippen molar-refractivity contribution in [3.63, 3.8) is 0 Å². The third-order valence-electron chi connectivity index (χ3n) is 4.74. The summed E-state index contributed by atoms with van der Waals surface area (Å²) in [5, 5.41) is 19.1. The Balaban J connectivity index is 1.93. The molecule has 2 aromatic carbocycles. The van der Waals surface area contributed by atoms with Crippen LogP contribution in [-0.2, 0) is 0 Å². The second-order valence-electron chi connectivity index (χ2n) is 6.35. The molecule has 2 aromatic rings. The minimum Gasteiger partial charge on any atom is -0.508 e. The van der Waals surface area contributed by atoms with E-state index in [1.165, 1.54) is 0 Å². The van der Waals surface area contributed by atoms with Gasteiger partial charge in [-0.3, -0.25) is 0 Å². The highest BCUT2D eigenvalue weighted by atomic mass is 35.5. The normalized spacial score (nSPS) is 18.2. The Morgan fingerprint density at radius 3 is 1.57 bits per heavy atom. The second-order valence-corrected chi connectivity index (χ2v) is 7.99. The maximum atomic E-state index is 9.56. The van der Waals surface area contributed by atoms with Gasteiger partial charge in [0.25, 0.3) is 0 Å². The van der Waals surface area contributed by atoms with Gasteiger partial charge in [0.1, 0.15) is 15.8 Å². The zero-order chi connectivity index (χ0) is 16.4. The van der Waals surface area contributed by atoms with Crippen LogP contribution in [0.25, 0.3) is 0 Å². The Morgan fingerprint density at radius 2 is 1.17 bits per heavy atom. The lowest BCUT2D eigenvalue weighted by Crippen LogP contribution is -2.26. The summed E-state index contributed by atoms with van der Waals surface area (Å²) in [7, 11) is 0. The van der Waals surface area contributed by atoms with Crippen molar-refractivity contribution >= 4 is 23.2 Å². The van der Waals surface area contributed by atoms with Gasteiger partial charge in [0, 0.05) is 5.92 Å². The van der Waals surface area contributed by atoms with Crippen molar-refractivity contribution in [2.45, 2.75) is 35.9 Å². The van der Waals surface area contributed by atoms with Gasteiger partial charge >= 0.3 is 0 Å². The Kier molecular flexibility index (Phi) is 4.74. The van der Waals surface area contributed by atoms with E-state index in [1.807, 2.05) is 24.3 Å². The molecule has 0 radical (unpaired) electrons. The van der Waals surface area contributed by atoms with E-state index >= 15 is 0 Å². The van der Waals surface area contributed by atoms with Crippen LogP contribution < -0.4 is 0 Å². The molecule has 2 N–H and O–H groups in total. The maximum absolute atomic E-state index is 9.56. The first-order valence-corrected chi connectivity index (χ1v) is 8.66. The molecule has 0 heterocycles. The summed E-state index contributed by atoms with van der Waals surface area (Å²) >= 11 is 12.5. The largest absolute Gasteiger partial charge is 0.508 e. The van der Waals surface area contributed by atoms with Crippen molar-refractivity contribution in [2.24, 2.45) is 5.92 Å². The summed E-state index contributed by atoms with van der Waals surface area (Å²) in [6.07, 6.45) is 3.49. The standard InChI is InChI=1S/C19H20Cl2O2/c20-19(21)11-9-15(10-12-19)18(13-1-5-16(22)6-2-13)14-3-7-17(23)8-4-14/h1-8,15,18,22-23H,9-12H2. The molecule has 1 aliphatic rings. The number of hydrogen-bond donors (Lipinski definition) is 2. The molecular weight excluding hydrogens is 331 g/mol. The molecule has 1 aliphatic carbocycles. The molecule has 0 aromatic heterocycles. The van der Waals surface area contributed by atoms with E-state index in [-0.39, 0.29) is 17.4 Å². The van der Waals surface area contributed by atoms with Crippen molar-refractivity contribution in [1.29, 1.82) is 0 Å². The number of phenols is 2. The highest BCUT2D eigenvalue weighted by Crippen LogP contribution is 2.47. The fourth-order valence-corrected chi connectivity index (χ4v) is 3.93. The van der Waals surface area contributed by atoms with E-state index in [0.717, 1.165) is 36.8 Å². The highest BCUT2D eigenvalue weighted by molar-refractivity contribution is 6.48. The number of aromatic hydroxyl groups is 2. The van der Waals surface area contributed by atoms with Crippen molar-refractivity contribution in [3.8, 4) is 11.5 Å². The van der Waals surface area contributed by atoms with Crippen LogP contribution in [0.5, 0.6) is 11.5 Å². The van der Waals surface area contributed by atoms with Gasteiger partial charge in [0.15, 0.2) is 0 Å². The van der Waals surface area contributed by atoms with Gasteiger partial charge in [-0.15, -0.1) is 23.2 Å². The Labute approximate surface area is 146 Å². The second kappa shape index (κ2) is 6.62. The molecule has 122 valence electrons. The molecule has 0 spiro atoms. The lowest BCUT2D eigenvalue weighted by molar-refractivity contribution is 0.316. The molecule has 2 nitrogen and oxygen atoms in total. The number of halogens is 2. The zero-order valence-electron chi connectivity index (χ0n) is 12.8. The predicted molar refractivity (Wildman–Crippen MR) is 94.5 cm³/mol. The zero-order valence-corrected chi connectivity index (χ0v) is 14.3. The maximum Gasteiger partial charge on any atom is 0.118 e. The molecule has 1 fully saturated rings. The van der Waals surface area contributed by atoms with Crippen LogP contribution in [-0.4, -0.2) is 14.5 Å². The highest BCUT2D eigenvalue weighted by Gasteiger charge is 2.35. The van der Waals surface area contributed by atoms with Crippen LogP contribution in [0, 0.1) is 5.92 Å². The van der Waals surface area contributed by atoms with Gasteiger partial charge in [0.05, 0.1) is 0 Å². The monoisotopic (exact) mass is 350 g/mol. The molecular formula is C19H20Cl2O2. The molecule has 23 heavy (non-hydrogen) atoms. The first-order valence-electron chi connectivity index (χ1n) is 7.90. The average molecular weight is 351 g/mol. The first-order chi connectivity index (χ1) is 10.9. The summed E-state index contributed by atoms with van der Waals surface area (Å²) in [4.78, 5) is 0. The van der Waals surface area contributed by atoms with Crippen LogP contribution >= 0.6 is 23.2 Å². The molecule has 0 saturated heterocycles. The van der Waals surface area contributed by atoms with Crippen LogP contribution in [0.4, 0.5) is 0 Å². The third-order valence-corrected chi connectivity index (χ3v) is 5.49. The number of benzene rings is 2. The van der Waals surface area contributed by atoms with E-state index in [4.69, 9.17) is 23.2 Å². The Bertz CT molecular complexity index is 595. The average Bonchev–Trinajstić information content (AvgIpc) is 2.53. The van der Waals surface area contributed by atoms with Gasteiger partial charge in [-0.05, 0) is 67.0 Å².